The number of methoxy groups -OCH3 is 1. The van der Waals surface area contributed by atoms with Gasteiger partial charge in [-0.25, -0.2) is 4.98 Å². The van der Waals surface area contributed by atoms with Crippen LogP contribution in [0.2, 0.25) is 0 Å². The number of aromatic hydroxyl groups is 1. The number of fused-ring (bicyclic) bond motifs is 1. The molecule has 3 aromatic rings. The molecule has 3 rings (SSSR count). The zero-order valence-electron chi connectivity index (χ0n) is 11.6. The van der Waals surface area contributed by atoms with Gasteiger partial charge in [-0.2, -0.15) is 0 Å². The van der Waals surface area contributed by atoms with Crippen LogP contribution in [0.3, 0.4) is 0 Å². The van der Waals surface area contributed by atoms with Gasteiger partial charge in [0.25, 0.3) is 0 Å². The highest BCUT2D eigenvalue weighted by atomic mass is 16.5. The number of hydrogen-bond acceptors (Lipinski definition) is 4. The van der Waals surface area contributed by atoms with Gasteiger partial charge < -0.3 is 14.6 Å². The first-order valence-electron chi connectivity index (χ1n) is 6.60. The van der Waals surface area contributed by atoms with E-state index in [2.05, 4.69) is 4.98 Å². The van der Waals surface area contributed by atoms with E-state index in [1.165, 1.54) is 6.07 Å². The second kappa shape index (κ2) is 5.71. The lowest BCUT2D eigenvalue weighted by atomic mass is 10.2. The average molecular weight is 281 g/mol. The molecular weight excluding hydrogens is 266 g/mol. The number of para-hydroxylation sites is 1. The predicted molar refractivity (Wildman–Crippen MR) is 80.7 cm³/mol. The molecule has 0 aliphatic carbocycles. The molecule has 0 aliphatic heterocycles. The van der Waals surface area contributed by atoms with Crippen LogP contribution in [0, 0.1) is 0 Å². The van der Waals surface area contributed by atoms with Crippen LogP contribution in [0.5, 0.6) is 17.2 Å². The largest absolute Gasteiger partial charge is 0.508 e. The number of pyridine rings is 1. The van der Waals surface area contributed by atoms with Crippen LogP contribution < -0.4 is 9.47 Å². The Labute approximate surface area is 122 Å². The van der Waals surface area contributed by atoms with E-state index in [9.17, 15) is 5.11 Å². The molecule has 1 N–H and O–H groups in total. The SMILES string of the molecule is COc1cc(O)cc(OCc2ccc3ccccc3n2)c1. The zero-order chi connectivity index (χ0) is 14.7. The number of ether oxygens (including phenoxy) is 2. The summed E-state index contributed by atoms with van der Waals surface area (Å²) in [6.07, 6.45) is 0. The van der Waals surface area contributed by atoms with Gasteiger partial charge in [-0.05, 0) is 12.1 Å². The molecule has 0 amide bonds. The monoisotopic (exact) mass is 281 g/mol. The van der Waals surface area contributed by atoms with Crippen LogP contribution >= 0.6 is 0 Å². The minimum atomic E-state index is 0.107. The summed E-state index contributed by atoms with van der Waals surface area (Å²) >= 11 is 0. The van der Waals surface area contributed by atoms with Crippen molar-refractivity contribution in [2.24, 2.45) is 0 Å². The van der Waals surface area contributed by atoms with Crippen molar-refractivity contribution in [1.29, 1.82) is 0 Å². The van der Waals surface area contributed by atoms with E-state index in [0.29, 0.717) is 18.1 Å². The van der Waals surface area contributed by atoms with Gasteiger partial charge in [0.1, 0.15) is 23.9 Å². The first-order chi connectivity index (χ1) is 10.2. The number of benzene rings is 2. The summed E-state index contributed by atoms with van der Waals surface area (Å²) in [6.45, 7) is 0.331. The van der Waals surface area contributed by atoms with Gasteiger partial charge >= 0.3 is 0 Å². The second-order valence-corrected chi connectivity index (χ2v) is 4.65. The number of phenolic OH excluding ortho intramolecular Hbond substituents is 1. The molecule has 0 saturated heterocycles. The number of aromatic nitrogens is 1. The van der Waals surface area contributed by atoms with E-state index < -0.39 is 0 Å². The van der Waals surface area contributed by atoms with Crippen molar-refractivity contribution < 1.29 is 14.6 Å². The summed E-state index contributed by atoms with van der Waals surface area (Å²) in [5, 5.41) is 10.7. The Morgan fingerprint density at radius 1 is 1.00 bits per heavy atom. The Bertz CT molecular complexity index is 771. The number of hydrogen-bond donors (Lipinski definition) is 1. The molecule has 0 saturated carbocycles. The molecule has 0 unspecified atom stereocenters. The molecule has 21 heavy (non-hydrogen) atoms. The van der Waals surface area contributed by atoms with Gasteiger partial charge in [-0.1, -0.05) is 24.3 Å². The quantitative estimate of drug-likeness (QED) is 0.795. The highest BCUT2D eigenvalue weighted by Crippen LogP contribution is 2.27. The van der Waals surface area contributed by atoms with Crippen LogP contribution in [0.15, 0.2) is 54.6 Å². The fraction of sp³-hybridized carbons (Fsp3) is 0.118. The standard InChI is InChI=1S/C17H15NO3/c1-20-15-8-14(19)9-16(10-15)21-11-13-7-6-12-4-2-3-5-17(12)18-13/h2-10,19H,11H2,1H3. The molecule has 1 heterocycles. The zero-order valence-corrected chi connectivity index (χ0v) is 11.6. The summed E-state index contributed by atoms with van der Waals surface area (Å²) in [6, 6.07) is 16.7. The lowest BCUT2D eigenvalue weighted by molar-refractivity contribution is 0.297. The van der Waals surface area contributed by atoms with Crippen molar-refractivity contribution in [1.82, 2.24) is 4.98 Å². The third-order valence-electron chi connectivity index (χ3n) is 3.14. The van der Waals surface area contributed by atoms with Crippen molar-refractivity contribution in [3.8, 4) is 17.2 Å². The molecule has 4 nitrogen and oxygen atoms in total. The number of phenols is 1. The molecule has 0 aliphatic rings. The van der Waals surface area contributed by atoms with Crippen molar-refractivity contribution in [2.45, 2.75) is 6.61 Å². The maximum atomic E-state index is 9.59. The van der Waals surface area contributed by atoms with Gasteiger partial charge in [0.15, 0.2) is 0 Å². The molecule has 106 valence electrons. The van der Waals surface area contributed by atoms with E-state index in [-0.39, 0.29) is 5.75 Å². The van der Waals surface area contributed by atoms with Gasteiger partial charge in [-0.15, -0.1) is 0 Å². The van der Waals surface area contributed by atoms with E-state index in [1.807, 2.05) is 36.4 Å². The summed E-state index contributed by atoms with van der Waals surface area (Å²) in [7, 11) is 1.55. The Kier molecular flexibility index (Phi) is 3.60. The Morgan fingerprint density at radius 2 is 1.81 bits per heavy atom. The maximum absolute atomic E-state index is 9.59. The molecule has 0 spiro atoms. The smallest absolute Gasteiger partial charge is 0.130 e. The highest BCUT2D eigenvalue weighted by Gasteiger charge is 2.03. The second-order valence-electron chi connectivity index (χ2n) is 4.65. The molecular formula is C17H15NO3. The van der Waals surface area contributed by atoms with E-state index in [4.69, 9.17) is 9.47 Å². The number of nitrogens with zero attached hydrogens (tertiary/aromatic N) is 1. The van der Waals surface area contributed by atoms with Crippen molar-refractivity contribution in [3.05, 3.63) is 60.3 Å². The predicted octanol–water partition coefficient (Wildman–Crippen LogP) is 3.53. The van der Waals surface area contributed by atoms with E-state index in [1.54, 1.807) is 19.2 Å². The van der Waals surface area contributed by atoms with Crippen LogP contribution in [-0.2, 0) is 6.61 Å². The van der Waals surface area contributed by atoms with Crippen LogP contribution in [0.25, 0.3) is 10.9 Å². The molecule has 0 atom stereocenters. The lowest BCUT2D eigenvalue weighted by Crippen LogP contribution is -1.98. The van der Waals surface area contributed by atoms with E-state index in [0.717, 1.165) is 16.6 Å². The van der Waals surface area contributed by atoms with Crippen LogP contribution in [0.4, 0.5) is 0 Å². The Hall–Kier alpha value is -2.75. The molecule has 0 fully saturated rings. The summed E-state index contributed by atoms with van der Waals surface area (Å²) in [5.41, 5.74) is 1.77. The molecule has 0 radical (unpaired) electrons. The third kappa shape index (κ3) is 3.05. The highest BCUT2D eigenvalue weighted by molar-refractivity contribution is 5.78. The minimum Gasteiger partial charge on any atom is -0.508 e. The van der Waals surface area contributed by atoms with E-state index >= 15 is 0 Å². The Balaban J connectivity index is 1.78. The molecule has 0 bridgehead atoms. The summed E-state index contributed by atoms with van der Waals surface area (Å²) in [5.74, 6) is 1.20. The average Bonchev–Trinajstić information content (AvgIpc) is 2.52. The molecule has 2 aromatic carbocycles. The summed E-state index contributed by atoms with van der Waals surface area (Å²) < 4.78 is 10.8. The van der Waals surface area contributed by atoms with Crippen molar-refractivity contribution in [2.75, 3.05) is 7.11 Å². The molecule has 4 heteroatoms. The number of rotatable bonds is 4. The first-order valence-corrected chi connectivity index (χ1v) is 6.60. The van der Waals surface area contributed by atoms with Gasteiger partial charge in [0.05, 0.1) is 18.3 Å². The Morgan fingerprint density at radius 3 is 2.67 bits per heavy atom. The normalized spacial score (nSPS) is 10.5. The minimum absolute atomic E-state index is 0.107. The van der Waals surface area contributed by atoms with Crippen molar-refractivity contribution in [3.63, 3.8) is 0 Å². The lowest BCUT2D eigenvalue weighted by Gasteiger charge is -2.09. The van der Waals surface area contributed by atoms with Gasteiger partial charge in [0.2, 0.25) is 0 Å². The topological polar surface area (TPSA) is 51.6 Å². The maximum Gasteiger partial charge on any atom is 0.130 e. The van der Waals surface area contributed by atoms with Crippen LogP contribution in [0.1, 0.15) is 5.69 Å². The summed E-state index contributed by atoms with van der Waals surface area (Å²) in [4.78, 5) is 4.54. The van der Waals surface area contributed by atoms with Gasteiger partial charge in [-0.3, -0.25) is 0 Å². The third-order valence-corrected chi connectivity index (χ3v) is 3.14. The van der Waals surface area contributed by atoms with Crippen LogP contribution in [-0.4, -0.2) is 17.2 Å². The fourth-order valence-electron chi connectivity index (χ4n) is 2.10. The molecule has 1 aromatic heterocycles. The van der Waals surface area contributed by atoms with Crippen molar-refractivity contribution >= 4 is 10.9 Å². The first kappa shape index (κ1) is 13.2. The van der Waals surface area contributed by atoms with Gasteiger partial charge in [0, 0.05) is 23.6 Å². The fourth-order valence-corrected chi connectivity index (χ4v) is 2.10.